The lowest BCUT2D eigenvalue weighted by Gasteiger charge is -2.07. The van der Waals surface area contributed by atoms with Gasteiger partial charge in [0.15, 0.2) is 0 Å². The van der Waals surface area contributed by atoms with Crippen LogP contribution in [0.25, 0.3) is 0 Å². The number of hydrogen-bond donors (Lipinski definition) is 1. The van der Waals surface area contributed by atoms with Crippen molar-refractivity contribution in [1.82, 2.24) is 5.32 Å². The maximum atomic E-state index is 5.43. The summed E-state index contributed by atoms with van der Waals surface area (Å²) in [5.41, 5.74) is 0. The summed E-state index contributed by atoms with van der Waals surface area (Å²) in [4.78, 5) is 0. The van der Waals surface area contributed by atoms with Gasteiger partial charge in [0, 0.05) is 26.4 Å². The second-order valence-corrected chi connectivity index (χ2v) is 3.77. The van der Waals surface area contributed by atoms with Crippen LogP contribution in [0.2, 0.25) is 0 Å². The molecule has 0 heterocycles. The molecule has 0 saturated heterocycles. The molecule has 0 bridgehead atoms. The third kappa shape index (κ3) is 11.9. The largest absolute Gasteiger partial charge is 0.382 e. The van der Waals surface area contributed by atoms with Crippen LogP contribution in [-0.4, -0.2) is 39.5 Å². The Bertz CT molecular complexity index is 107. The Balaban J connectivity index is 2.85. The summed E-state index contributed by atoms with van der Waals surface area (Å²) in [6.07, 6.45) is 1.08. The zero-order valence-corrected chi connectivity index (χ0v) is 9.84. The molecular weight excluding hydrogens is 178 g/mol. The minimum atomic E-state index is 0.632. The van der Waals surface area contributed by atoms with Crippen molar-refractivity contribution in [3.8, 4) is 0 Å². The Morgan fingerprint density at radius 1 is 1.07 bits per heavy atom. The summed E-state index contributed by atoms with van der Waals surface area (Å²) in [6, 6.07) is 0. The Labute approximate surface area is 88.2 Å². The molecule has 1 N–H and O–H groups in total. The first-order valence-corrected chi connectivity index (χ1v) is 5.63. The van der Waals surface area contributed by atoms with Gasteiger partial charge in [0.05, 0.1) is 6.61 Å². The Kier molecular flexibility index (Phi) is 10.9. The highest BCUT2D eigenvalue weighted by Gasteiger charge is 1.93. The average Bonchev–Trinajstić information content (AvgIpc) is 2.15. The standard InChI is InChI=1S/C11H25NO2/c1-4-13-8-5-6-12-7-9-14-10-11(2)3/h11-12H,4-10H2,1-3H3. The molecule has 0 aliphatic carbocycles. The third-order valence-corrected chi connectivity index (χ3v) is 1.72. The van der Waals surface area contributed by atoms with E-state index < -0.39 is 0 Å². The van der Waals surface area contributed by atoms with Crippen molar-refractivity contribution in [3.63, 3.8) is 0 Å². The molecule has 0 aliphatic heterocycles. The highest BCUT2D eigenvalue weighted by molar-refractivity contribution is 4.47. The molecule has 0 spiro atoms. The fourth-order valence-corrected chi connectivity index (χ4v) is 1.03. The van der Waals surface area contributed by atoms with Gasteiger partial charge in [0.25, 0.3) is 0 Å². The molecule has 0 aromatic heterocycles. The van der Waals surface area contributed by atoms with E-state index >= 15 is 0 Å². The van der Waals surface area contributed by atoms with Crippen LogP contribution < -0.4 is 5.32 Å². The van der Waals surface area contributed by atoms with Crippen molar-refractivity contribution in [2.24, 2.45) is 5.92 Å². The molecule has 0 aromatic carbocycles. The number of rotatable bonds is 10. The van der Waals surface area contributed by atoms with Crippen molar-refractivity contribution in [2.45, 2.75) is 27.2 Å². The van der Waals surface area contributed by atoms with Crippen LogP contribution in [-0.2, 0) is 9.47 Å². The van der Waals surface area contributed by atoms with Crippen LogP contribution in [0, 0.1) is 5.92 Å². The topological polar surface area (TPSA) is 30.5 Å². The van der Waals surface area contributed by atoms with Crippen LogP contribution in [0.3, 0.4) is 0 Å². The smallest absolute Gasteiger partial charge is 0.0591 e. The lowest BCUT2D eigenvalue weighted by Crippen LogP contribution is -2.22. The van der Waals surface area contributed by atoms with E-state index in [1.807, 2.05) is 6.92 Å². The van der Waals surface area contributed by atoms with Gasteiger partial charge in [-0.15, -0.1) is 0 Å². The van der Waals surface area contributed by atoms with Gasteiger partial charge in [0.1, 0.15) is 0 Å². The summed E-state index contributed by atoms with van der Waals surface area (Å²) in [6.45, 7) is 11.7. The van der Waals surface area contributed by atoms with Gasteiger partial charge < -0.3 is 14.8 Å². The Morgan fingerprint density at radius 2 is 1.86 bits per heavy atom. The Hall–Kier alpha value is -0.120. The van der Waals surface area contributed by atoms with E-state index in [1.54, 1.807) is 0 Å². The molecule has 0 radical (unpaired) electrons. The van der Waals surface area contributed by atoms with E-state index in [4.69, 9.17) is 9.47 Å². The molecule has 0 amide bonds. The first-order valence-electron chi connectivity index (χ1n) is 5.63. The van der Waals surface area contributed by atoms with Gasteiger partial charge in [0.2, 0.25) is 0 Å². The maximum absolute atomic E-state index is 5.43. The van der Waals surface area contributed by atoms with Crippen molar-refractivity contribution in [2.75, 3.05) is 39.5 Å². The van der Waals surface area contributed by atoms with Gasteiger partial charge in [-0.2, -0.15) is 0 Å². The molecule has 0 aliphatic rings. The average molecular weight is 203 g/mol. The fourth-order valence-electron chi connectivity index (χ4n) is 1.03. The van der Waals surface area contributed by atoms with Crippen molar-refractivity contribution in [1.29, 1.82) is 0 Å². The summed E-state index contributed by atoms with van der Waals surface area (Å²) >= 11 is 0. The molecule has 3 heteroatoms. The van der Waals surface area contributed by atoms with Crippen LogP contribution in [0.15, 0.2) is 0 Å². The molecular formula is C11H25NO2. The molecule has 0 rings (SSSR count). The molecule has 0 fully saturated rings. The van der Waals surface area contributed by atoms with E-state index in [0.717, 1.165) is 45.9 Å². The number of ether oxygens (including phenoxy) is 2. The first-order chi connectivity index (χ1) is 6.77. The molecule has 0 saturated carbocycles. The van der Waals surface area contributed by atoms with Gasteiger partial charge in [-0.1, -0.05) is 13.8 Å². The lowest BCUT2D eigenvalue weighted by molar-refractivity contribution is 0.110. The van der Waals surface area contributed by atoms with E-state index in [2.05, 4.69) is 19.2 Å². The normalized spacial score (nSPS) is 11.1. The highest BCUT2D eigenvalue weighted by atomic mass is 16.5. The summed E-state index contributed by atoms with van der Waals surface area (Å²) in [5, 5.41) is 3.31. The van der Waals surface area contributed by atoms with Crippen LogP contribution in [0.5, 0.6) is 0 Å². The van der Waals surface area contributed by atoms with Gasteiger partial charge >= 0.3 is 0 Å². The summed E-state index contributed by atoms with van der Waals surface area (Å²) < 4.78 is 10.7. The summed E-state index contributed by atoms with van der Waals surface area (Å²) in [5.74, 6) is 0.632. The van der Waals surface area contributed by atoms with Crippen molar-refractivity contribution in [3.05, 3.63) is 0 Å². The number of hydrogen-bond acceptors (Lipinski definition) is 3. The van der Waals surface area contributed by atoms with E-state index in [-0.39, 0.29) is 0 Å². The van der Waals surface area contributed by atoms with Crippen molar-refractivity contribution >= 4 is 0 Å². The number of nitrogens with one attached hydrogen (secondary N) is 1. The molecule has 0 atom stereocenters. The van der Waals surface area contributed by atoms with Crippen LogP contribution >= 0.6 is 0 Å². The SMILES string of the molecule is CCOCCCNCCOCC(C)C. The predicted molar refractivity (Wildman–Crippen MR) is 59.6 cm³/mol. The van der Waals surface area contributed by atoms with Gasteiger partial charge in [-0.05, 0) is 25.8 Å². The highest BCUT2D eigenvalue weighted by Crippen LogP contribution is 1.90. The molecule has 0 unspecified atom stereocenters. The molecule has 14 heavy (non-hydrogen) atoms. The maximum Gasteiger partial charge on any atom is 0.0591 e. The summed E-state index contributed by atoms with van der Waals surface area (Å²) in [7, 11) is 0. The molecule has 86 valence electrons. The fraction of sp³-hybridized carbons (Fsp3) is 1.00. The zero-order valence-electron chi connectivity index (χ0n) is 9.84. The quantitative estimate of drug-likeness (QED) is 0.548. The van der Waals surface area contributed by atoms with E-state index in [1.165, 1.54) is 0 Å². The predicted octanol–water partition coefficient (Wildman–Crippen LogP) is 1.68. The van der Waals surface area contributed by atoms with Gasteiger partial charge in [-0.25, -0.2) is 0 Å². The third-order valence-electron chi connectivity index (χ3n) is 1.72. The second-order valence-electron chi connectivity index (χ2n) is 3.77. The van der Waals surface area contributed by atoms with Crippen LogP contribution in [0.1, 0.15) is 27.2 Å². The van der Waals surface area contributed by atoms with Crippen molar-refractivity contribution < 1.29 is 9.47 Å². The Morgan fingerprint density at radius 3 is 2.50 bits per heavy atom. The zero-order chi connectivity index (χ0) is 10.6. The van der Waals surface area contributed by atoms with Gasteiger partial charge in [-0.3, -0.25) is 0 Å². The molecule has 0 aromatic rings. The second kappa shape index (κ2) is 11.0. The first kappa shape index (κ1) is 13.9. The van der Waals surface area contributed by atoms with E-state index in [9.17, 15) is 0 Å². The van der Waals surface area contributed by atoms with E-state index in [0.29, 0.717) is 5.92 Å². The van der Waals surface area contributed by atoms with Crippen LogP contribution in [0.4, 0.5) is 0 Å². The lowest BCUT2D eigenvalue weighted by atomic mass is 10.2. The monoisotopic (exact) mass is 203 g/mol. The molecule has 3 nitrogen and oxygen atoms in total. The minimum Gasteiger partial charge on any atom is -0.382 e. The minimum absolute atomic E-state index is 0.632.